The third-order valence-corrected chi connectivity index (χ3v) is 4.49. The fourth-order valence-corrected chi connectivity index (χ4v) is 3.27. The Morgan fingerprint density at radius 2 is 1.96 bits per heavy atom. The van der Waals surface area contributed by atoms with Crippen LogP contribution in [-0.4, -0.2) is 24.1 Å². The smallest absolute Gasteiger partial charge is 0.258 e. The second kappa shape index (κ2) is 8.49. The Labute approximate surface area is 156 Å². The predicted octanol–water partition coefficient (Wildman–Crippen LogP) is 4.86. The Kier molecular flexibility index (Phi) is 5.86. The molecule has 3 rings (SSSR count). The van der Waals surface area contributed by atoms with E-state index in [2.05, 4.69) is 10.3 Å². The fraction of sp³-hybridized carbons (Fsp3) is 0.200. The van der Waals surface area contributed by atoms with Gasteiger partial charge in [0.2, 0.25) is 0 Å². The number of pyridine rings is 1. The van der Waals surface area contributed by atoms with Gasteiger partial charge in [-0.3, -0.25) is 9.78 Å². The molecule has 6 heteroatoms. The van der Waals surface area contributed by atoms with Crippen molar-refractivity contribution in [2.45, 2.75) is 13.8 Å². The van der Waals surface area contributed by atoms with Crippen LogP contribution in [0.15, 0.2) is 54.0 Å². The Morgan fingerprint density at radius 3 is 2.69 bits per heavy atom. The van der Waals surface area contributed by atoms with Gasteiger partial charge >= 0.3 is 0 Å². The molecule has 3 aromatic rings. The van der Waals surface area contributed by atoms with Gasteiger partial charge in [-0.2, -0.15) is 0 Å². The van der Waals surface area contributed by atoms with Gasteiger partial charge < -0.3 is 14.8 Å². The molecule has 0 fully saturated rings. The summed E-state index contributed by atoms with van der Waals surface area (Å²) in [6.45, 7) is 4.87. The van der Waals surface area contributed by atoms with Crippen LogP contribution in [0.5, 0.6) is 11.5 Å². The van der Waals surface area contributed by atoms with Crippen LogP contribution < -0.4 is 14.8 Å². The van der Waals surface area contributed by atoms with Crippen molar-refractivity contribution in [3.63, 3.8) is 0 Å². The number of ether oxygens (including phenoxy) is 2. The van der Waals surface area contributed by atoms with E-state index in [1.165, 1.54) is 0 Å². The van der Waals surface area contributed by atoms with Crippen molar-refractivity contribution in [2.75, 3.05) is 18.5 Å². The molecule has 1 amide bonds. The largest absolute Gasteiger partial charge is 0.494 e. The van der Waals surface area contributed by atoms with Crippen molar-refractivity contribution in [2.24, 2.45) is 0 Å². The Balaban J connectivity index is 1.92. The van der Waals surface area contributed by atoms with Gasteiger partial charge in [0.15, 0.2) is 0 Å². The maximum Gasteiger partial charge on any atom is 0.258 e. The van der Waals surface area contributed by atoms with Gasteiger partial charge in [-0.15, -0.1) is 11.3 Å². The van der Waals surface area contributed by atoms with Crippen molar-refractivity contribution in [3.8, 4) is 22.1 Å². The van der Waals surface area contributed by atoms with E-state index in [1.54, 1.807) is 41.8 Å². The minimum absolute atomic E-state index is 0.240. The molecule has 0 saturated carbocycles. The molecule has 0 unspecified atom stereocenters. The number of carbonyl (C=O) groups excluding carboxylic acids is 1. The van der Waals surface area contributed by atoms with Gasteiger partial charge in [-0.25, -0.2) is 0 Å². The van der Waals surface area contributed by atoms with Crippen LogP contribution in [0.1, 0.15) is 24.2 Å². The van der Waals surface area contributed by atoms with Crippen molar-refractivity contribution in [3.05, 3.63) is 59.6 Å². The second-order valence-electron chi connectivity index (χ2n) is 5.35. The van der Waals surface area contributed by atoms with Crippen LogP contribution in [0.2, 0.25) is 0 Å². The third-order valence-electron chi connectivity index (χ3n) is 3.62. The molecule has 0 spiro atoms. The molecule has 5 nitrogen and oxygen atoms in total. The number of anilines is 1. The highest BCUT2D eigenvalue weighted by Crippen LogP contribution is 2.31. The summed E-state index contributed by atoms with van der Waals surface area (Å²) in [7, 11) is 0. The zero-order chi connectivity index (χ0) is 18.4. The Hall–Kier alpha value is -2.86. The average Bonchev–Trinajstić information content (AvgIpc) is 3.19. The highest BCUT2D eigenvalue weighted by Gasteiger charge is 2.17. The topological polar surface area (TPSA) is 60.5 Å². The number of benzene rings is 1. The lowest BCUT2D eigenvalue weighted by Gasteiger charge is -2.14. The number of carbonyl (C=O) groups is 1. The zero-order valence-electron chi connectivity index (χ0n) is 14.7. The van der Waals surface area contributed by atoms with Crippen LogP contribution in [-0.2, 0) is 0 Å². The quantitative estimate of drug-likeness (QED) is 0.647. The van der Waals surface area contributed by atoms with Crippen molar-refractivity contribution in [1.29, 1.82) is 0 Å². The van der Waals surface area contributed by atoms with Crippen molar-refractivity contribution >= 4 is 22.9 Å². The van der Waals surface area contributed by atoms with E-state index in [0.29, 0.717) is 41.7 Å². The third kappa shape index (κ3) is 4.03. The average molecular weight is 368 g/mol. The number of hydrogen-bond acceptors (Lipinski definition) is 5. The van der Waals surface area contributed by atoms with Crippen LogP contribution >= 0.6 is 11.3 Å². The lowest BCUT2D eigenvalue weighted by molar-refractivity contribution is 0.102. The summed E-state index contributed by atoms with van der Waals surface area (Å²) in [5.41, 5.74) is 1.75. The summed E-state index contributed by atoms with van der Waals surface area (Å²) in [6, 6.07) is 12.8. The molecule has 0 radical (unpaired) electrons. The van der Waals surface area contributed by atoms with Crippen molar-refractivity contribution < 1.29 is 14.3 Å². The van der Waals surface area contributed by atoms with E-state index < -0.39 is 0 Å². The molecule has 1 aromatic carbocycles. The van der Waals surface area contributed by atoms with E-state index in [-0.39, 0.29) is 5.91 Å². The number of rotatable bonds is 7. The highest BCUT2D eigenvalue weighted by atomic mass is 32.1. The zero-order valence-corrected chi connectivity index (χ0v) is 15.5. The first kappa shape index (κ1) is 17.9. The summed E-state index contributed by atoms with van der Waals surface area (Å²) < 4.78 is 11.2. The minimum atomic E-state index is -0.240. The van der Waals surface area contributed by atoms with Gasteiger partial charge in [0, 0.05) is 12.3 Å². The molecule has 2 heterocycles. The summed E-state index contributed by atoms with van der Waals surface area (Å²) in [5, 5.41) is 4.90. The second-order valence-corrected chi connectivity index (χ2v) is 6.30. The van der Waals surface area contributed by atoms with E-state index in [0.717, 1.165) is 4.88 Å². The number of aromatic nitrogens is 1. The van der Waals surface area contributed by atoms with Crippen LogP contribution in [0, 0.1) is 0 Å². The summed E-state index contributed by atoms with van der Waals surface area (Å²) in [5.74, 6) is 1.04. The number of hydrogen-bond donors (Lipinski definition) is 1. The number of thiophene rings is 1. The predicted molar refractivity (Wildman–Crippen MR) is 104 cm³/mol. The number of amides is 1. The first-order chi connectivity index (χ1) is 12.7. The monoisotopic (exact) mass is 368 g/mol. The molecular formula is C20H20N2O3S. The van der Waals surface area contributed by atoms with Gasteiger partial charge in [0.1, 0.15) is 11.5 Å². The van der Waals surface area contributed by atoms with E-state index in [1.807, 2.05) is 37.4 Å². The molecule has 1 N–H and O–H groups in total. The normalized spacial score (nSPS) is 10.4. The van der Waals surface area contributed by atoms with Crippen molar-refractivity contribution in [1.82, 2.24) is 4.98 Å². The van der Waals surface area contributed by atoms with E-state index in [4.69, 9.17) is 9.47 Å². The molecule has 0 saturated heterocycles. The standard InChI is InChI=1S/C20H20N2O3S/c1-3-24-14-9-10-17(25-4-2)16(13-14)22-20(23)15-7-5-11-21-19(15)18-8-6-12-26-18/h5-13H,3-4H2,1-2H3,(H,22,23). The van der Waals surface area contributed by atoms with Gasteiger partial charge in [0.05, 0.1) is 35.0 Å². The SMILES string of the molecule is CCOc1ccc(OCC)c(NC(=O)c2cccnc2-c2cccs2)c1. The van der Waals surface area contributed by atoms with Gasteiger partial charge in [-0.05, 0) is 49.6 Å². The van der Waals surface area contributed by atoms with Crippen LogP contribution in [0.4, 0.5) is 5.69 Å². The van der Waals surface area contributed by atoms with Gasteiger partial charge in [-0.1, -0.05) is 6.07 Å². The molecule has 0 aliphatic rings. The number of nitrogens with one attached hydrogen (secondary N) is 1. The first-order valence-corrected chi connectivity index (χ1v) is 9.30. The lowest BCUT2D eigenvalue weighted by atomic mass is 10.1. The molecule has 2 aromatic heterocycles. The molecule has 0 atom stereocenters. The van der Waals surface area contributed by atoms with E-state index in [9.17, 15) is 4.79 Å². The van der Waals surface area contributed by atoms with Crippen LogP contribution in [0.25, 0.3) is 10.6 Å². The maximum atomic E-state index is 12.9. The molecule has 0 bridgehead atoms. The maximum absolute atomic E-state index is 12.9. The molecule has 0 aliphatic heterocycles. The highest BCUT2D eigenvalue weighted by molar-refractivity contribution is 7.13. The fourth-order valence-electron chi connectivity index (χ4n) is 2.53. The molecular weight excluding hydrogens is 348 g/mol. The summed E-state index contributed by atoms with van der Waals surface area (Å²) >= 11 is 1.55. The molecule has 134 valence electrons. The Bertz CT molecular complexity index is 879. The van der Waals surface area contributed by atoms with E-state index >= 15 is 0 Å². The van der Waals surface area contributed by atoms with Crippen LogP contribution in [0.3, 0.4) is 0 Å². The lowest BCUT2D eigenvalue weighted by Crippen LogP contribution is -2.14. The number of nitrogens with zero attached hydrogens (tertiary/aromatic N) is 1. The van der Waals surface area contributed by atoms with Gasteiger partial charge in [0.25, 0.3) is 5.91 Å². The Morgan fingerprint density at radius 1 is 1.12 bits per heavy atom. The minimum Gasteiger partial charge on any atom is -0.494 e. The molecule has 26 heavy (non-hydrogen) atoms. The molecule has 0 aliphatic carbocycles. The summed E-state index contributed by atoms with van der Waals surface area (Å²) in [6.07, 6.45) is 1.69. The summed E-state index contributed by atoms with van der Waals surface area (Å²) in [4.78, 5) is 18.2. The first-order valence-electron chi connectivity index (χ1n) is 8.42.